The van der Waals surface area contributed by atoms with E-state index in [9.17, 15) is 9.90 Å². The third-order valence-corrected chi connectivity index (χ3v) is 10.8. The summed E-state index contributed by atoms with van der Waals surface area (Å²) in [4.78, 5) is 13.8. The van der Waals surface area contributed by atoms with Crippen molar-refractivity contribution >= 4 is 5.78 Å². The van der Waals surface area contributed by atoms with Crippen molar-refractivity contribution in [3.05, 3.63) is 60.2 Å². The zero-order chi connectivity index (χ0) is 23.5. The molecular formula is C32H40O2. The van der Waals surface area contributed by atoms with Gasteiger partial charge in [0.25, 0.3) is 0 Å². The van der Waals surface area contributed by atoms with E-state index in [0.29, 0.717) is 11.7 Å². The third-order valence-electron chi connectivity index (χ3n) is 10.8. The molecule has 2 nitrogen and oxygen atoms in total. The fourth-order valence-corrected chi connectivity index (χ4v) is 9.17. The summed E-state index contributed by atoms with van der Waals surface area (Å²) < 4.78 is 0. The Balaban J connectivity index is 1.19. The number of aliphatic hydroxyl groups is 1. The Morgan fingerprint density at radius 2 is 1.47 bits per heavy atom. The van der Waals surface area contributed by atoms with Crippen LogP contribution < -0.4 is 0 Å². The van der Waals surface area contributed by atoms with Crippen molar-refractivity contribution in [2.24, 2.45) is 40.9 Å². The van der Waals surface area contributed by atoms with Gasteiger partial charge in [0.15, 0.2) is 5.78 Å². The Bertz CT molecular complexity index is 1040. The van der Waals surface area contributed by atoms with E-state index in [0.717, 1.165) is 48.5 Å². The van der Waals surface area contributed by atoms with E-state index >= 15 is 0 Å². The number of Topliss-reactive ketones (excluding diaryl/α,β-unsaturated/α-hetero) is 1. The summed E-state index contributed by atoms with van der Waals surface area (Å²) in [5, 5.41) is 10.6. The van der Waals surface area contributed by atoms with Crippen LogP contribution in [-0.2, 0) is 0 Å². The smallest absolute Gasteiger partial charge is 0.166 e. The summed E-state index contributed by atoms with van der Waals surface area (Å²) in [5.74, 6) is 4.40. The van der Waals surface area contributed by atoms with Crippen molar-refractivity contribution in [2.75, 3.05) is 0 Å². The van der Waals surface area contributed by atoms with Crippen LogP contribution in [0.5, 0.6) is 0 Å². The van der Waals surface area contributed by atoms with Gasteiger partial charge < -0.3 is 5.11 Å². The maximum atomic E-state index is 13.8. The highest BCUT2D eigenvalue weighted by Gasteiger charge is 2.58. The number of rotatable bonds is 3. The van der Waals surface area contributed by atoms with Crippen LogP contribution >= 0.6 is 0 Å². The van der Waals surface area contributed by atoms with Crippen LogP contribution in [0.25, 0.3) is 11.1 Å². The van der Waals surface area contributed by atoms with Gasteiger partial charge in [-0.05, 0) is 111 Å². The minimum atomic E-state index is -0.446. The molecule has 0 saturated heterocycles. The summed E-state index contributed by atoms with van der Waals surface area (Å²) in [6.45, 7) is 4.51. The first-order chi connectivity index (χ1) is 16.4. The average Bonchev–Trinajstić information content (AvgIpc) is 3.20. The number of hydrogen-bond donors (Lipinski definition) is 1. The van der Waals surface area contributed by atoms with Crippen LogP contribution in [0.2, 0.25) is 0 Å². The highest BCUT2D eigenvalue weighted by atomic mass is 16.3. The van der Waals surface area contributed by atoms with E-state index in [4.69, 9.17) is 0 Å². The molecule has 4 fully saturated rings. The summed E-state index contributed by atoms with van der Waals surface area (Å²) in [7, 11) is 0. The molecule has 2 aromatic carbocycles. The molecule has 0 aromatic heterocycles. The van der Waals surface area contributed by atoms with Crippen LogP contribution in [0.4, 0.5) is 0 Å². The lowest BCUT2D eigenvalue weighted by molar-refractivity contribution is -0.0976. The Morgan fingerprint density at radius 3 is 2.24 bits per heavy atom. The predicted octanol–water partition coefficient (Wildman–Crippen LogP) is 7.56. The number of carbonyl (C=O) groups is 1. The molecule has 1 unspecified atom stereocenters. The first kappa shape index (κ1) is 22.5. The van der Waals surface area contributed by atoms with Crippen LogP contribution in [0.1, 0.15) is 82.0 Å². The fraction of sp³-hybridized carbons (Fsp3) is 0.594. The maximum Gasteiger partial charge on any atom is 0.166 e. The molecule has 2 heteroatoms. The van der Waals surface area contributed by atoms with E-state index < -0.39 is 5.60 Å². The van der Waals surface area contributed by atoms with E-state index in [2.05, 4.69) is 55.5 Å². The van der Waals surface area contributed by atoms with E-state index in [-0.39, 0.29) is 11.3 Å². The molecule has 4 aliphatic carbocycles. The molecule has 4 saturated carbocycles. The summed E-state index contributed by atoms with van der Waals surface area (Å²) in [6.07, 6.45) is 10.6. The molecule has 0 spiro atoms. The van der Waals surface area contributed by atoms with Crippen LogP contribution in [0.15, 0.2) is 54.6 Å². The third kappa shape index (κ3) is 3.68. The largest absolute Gasteiger partial charge is 0.390 e. The van der Waals surface area contributed by atoms with Gasteiger partial charge in [-0.2, -0.15) is 0 Å². The molecule has 0 heterocycles. The first-order valence-electron chi connectivity index (χ1n) is 13.8. The molecule has 34 heavy (non-hydrogen) atoms. The lowest BCUT2D eigenvalue weighted by Crippen LogP contribution is -2.51. The second kappa shape index (κ2) is 8.33. The monoisotopic (exact) mass is 456 g/mol. The van der Waals surface area contributed by atoms with Gasteiger partial charge in [0.1, 0.15) is 0 Å². The van der Waals surface area contributed by atoms with Crippen LogP contribution in [-0.4, -0.2) is 16.5 Å². The van der Waals surface area contributed by atoms with Gasteiger partial charge in [0.05, 0.1) is 5.60 Å². The van der Waals surface area contributed by atoms with Gasteiger partial charge in [-0.25, -0.2) is 0 Å². The molecular weight excluding hydrogens is 416 g/mol. The predicted molar refractivity (Wildman–Crippen MR) is 137 cm³/mol. The number of carbonyl (C=O) groups excluding carboxylic acids is 1. The zero-order valence-electron chi connectivity index (χ0n) is 20.9. The first-order valence-corrected chi connectivity index (χ1v) is 13.8. The van der Waals surface area contributed by atoms with Crippen molar-refractivity contribution in [1.82, 2.24) is 0 Å². The van der Waals surface area contributed by atoms with Gasteiger partial charge in [0.2, 0.25) is 0 Å². The van der Waals surface area contributed by atoms with Crippen molar-refractivity contribution in [1.29, 1.82) is 0 Å². The Morgan fingerprint density at radius 1 is 0.765 bits per heavy atom. The second-order valence-electron chi connectivity index (χ2n) is 12.7. The van der Waals surface area contributed by atoms with Gasteiger partial charge in [-0.15, -0.1) is 0 Å². The molecule has 0 radical (unpaired) electrons. The number of benzene rings is 2. The standard InChI is InChI=1S/C32H40O2/c1-31(34)18-16-25-24(20-31)12-13-27-26(25)17-19-32(2)28(27)14-15-29(32)30(33)23-10-8-22(9-11-23)21-6-4-3-5-7-21/h3-11,24-29,34H,12-20H2,1-2H3/t24?,25-,26+,27+,28-,29+,31+,32-/m0/s1. The second-order valence-corrected chi connectivity index (χ2v) is 12.7. The Hall–Kier alpha value is -1.93. The van der Waals surface area contributed by atoms with Crippen LogP contribution in [0, 0.1) is 40.9 Å². The highest BCUT2D eigenvalue weighted by Crippen LogP contribution is 2.65. The molecule has 2 aromatic rings. The summed E-state index contributed by atoms with van der Waals surface area (Å²) in [5.41, 5.74) is 2.98. The number of fused-ring (bicyclic) bond motifs is 5. The fourth-order valence-electron chi connectivity index (χ4n) is 9.17. The Labute approximate surface area is 205 Å². The van der Waals surface area contributed by atoms with Crippen molar-refractivity contribution in [2.45, 2.75) is 77.2 Å². The van der Waals surface area contributed by atoms with E-state index in [1.54, 1.807) is 0 Å². The average molecular weight is 457 g/mol. The maximum absolute atomic E-state index is 13.8. The number of ketones is 1. The summed E-state index contributed by atoms with van der Waals surface area (Å²) >= 11 is 0. The van der Waals surface area contributed by atoms with Gasteiger partial charge in [-0.3, -0.25) is 4.79 Å². The van der Waals surface area contributed by atoms with Crippen molar-refractivity contribution < 1.29 is 9.90 Å². The normalized spacial score (nSPS) is 41.3. The minimum absolute atomic E-state index is 0.156. The molecule has 0 aliphatic heterocycles. The Kier molecular flexibility index (Phi) is 5.52. The zero-order valence-corrected chi connectivity index (χ0v) is 20.9. The van der Waals surface area contributed by atoms with Gasteiger partial charge in [0, 0.05) is 11.5 Å². The molecule has 0 bridgehead atoms. The lowest BCUT2D eigenvalue weighted by Gasteiger charge is -2.56. The molecule has 4 aliphatic rings. The SMILES string of the molecule is C[C@@]1(O)CC[C@H]2C(CC[C@@H]3[C@@H]2CC[C@]2(C)[C@@H](C(=O)c4ccc(-c5ccccc5)cc4)CC[C@@H]32)C1. The quantitative estimate of drug-likeness (QED) is 0.484. The van der Waals surface area contributed by atoms with Crippen molar-refractivity contribution in [3.63, 3.8) is 0 Å². The van der Waals surface area contributed by atoms with Crippen LogP contribution in [0.3, 0.4) is 0 Å². The number of hydrogen-bond acceptors (Lipinski definition) is 2. The van der Waals surface area contributed by atoms with Gasteiger partial charge >= 0.3 is 0 Å². The molecule has 0 amide bonds. The van der Waals surface area contributed by atoms with Gasteiger partial charge in [-0.1, -0.05) is 61.5 Å². The summed E-state index contributed by atoms with van der Waals surface area (Å²) in [6, 6.07) is 18.8. The lowest BCUT2D eigenvalue weighted by atomic mass is 9.49. The molecule has 6 rings (SSSR count). The molecule has 8 atom stereocenters. The molecule has 1 N–H and O–H groups in total. The van der Waals surface area contributed by atoms with E-state index in [1.807, 2.05) is 13.0 Å². The van der Waals surface area contributed by atoms with E-state index in [1.165, 1.54) is 49.7 Å². The molecule has 180 valence electrons. The topological polar surface area (TPSA) is 37.3 Å². The highest BCUT2D eigenvalue weighted by molar-refractivity contribution is 5.99. The minimum Gasteiger partial charge on any atom is -0.390 e. The van der Waals surface area contributed by atoms with Crippen molar-refractivity contribution in [3.8, 4) is 11.1 Å².